The first-order valence-corrected chi connectivity index (χ1v) is 12.6. The van der Waals surface area contributed by atoms with Gasteiger partial charge >= 0.3 is 6.18 Å². The van der Waals surface area contributed by atoms with Crippen molar-refractivity contribution < 1.29 is 22.0 Å². The van der Waals surface area contributed by atoms with Gasteiger partial charge in [-0.2, -0.15) is 18.3 Å². The molecule has 32 heavy (non-hydrogen) atoms. The van der Waals surface area contributed by atoms with Crippen LogP contribution in [0, 0.1) is 11.6 Å². The topological polar surface area (TPSA) is 54.5 Å². The Morgan fingerprint density at radius 1 is 0.781 bits per heavy atom. The number of nitrogens with zero attached hydrogens (tertiary/aromatic N) is 3. The number of benzene rings is 1. The van der Waals surface area contributed by atoms with Gasteiger partial charge in [0.2, 0.25) is 0 Å². The van der Waals surface area contributed by atoms with Gasteiger partial charge in [0, 0.05) is 22.3 Å². The lowest BCUT2D eigenvalue weighted by atomic mass is 10.1. The first kappa shape index (κ1) is 21.8. The summed E-state index contributed by atoms with van der Waals surface area (Å²) in [6.45, 7) is 3.97. The van der Waals surface area contributed by atoms with Crippen LogP contribution in [-0.2, 0) is 6.18 Å². The van der Waals surface area contributed by atoms with E-state index >= 15 is 0 Å². The summed E-state index contributed by atoms with van der Waals surface area (Å²) in [6.07, 6.45) is -4.53. The second-order valence-electron chi connectivity index (χ2n) is 7.73. The number of pyridine rings is 2. The number of hydrogen-bond donors (Lipinski definition) is 1. The fraction of sp³-hybridized carbons (Fsp3) is 0.136. The number of halogens is 5. The van der Waals surface area contributed by atoms with Gasteiger partial charge in [0.05, 0.1) is 11.4 Å². The van der Waals surface area contributed by atoms with E-state index in [4.69, 9.17) is 0 Å². The third-order valence-electron chi connectivity index (χ3n) is 5.13. The van der Waals surface area contributed by atoms with Gasteiger partial charge in [-0.3, -0.25) is 15.1 Å². The zero-order valence-corrected chi connectivity index (χ0v) is 18.0. The average molecular weight is 460 g/mol. The SMILES string of the molecule is C[Si](C)(c1cccc(-c2cc(C(F)(F)F)[nH]n2)n1)c1cccc(-c2ccc(F)cc2F)n1. The summed E-state index contributed by atoms with van der Waals surface area (Å²) >= 11 is 0. The van der Waals surface area contributed by atoms with Crippen LogP contribution in [0.15, 0.2) is 60.7 Å². The molecule has 4 nitrogen and oxygen atoms in total. The van der Waals surface area contributed by atoms with Gasteiger partial charge in [-0.05, 0) is 42.5 Å². The summed E-state index contributed by atoms with van der Waals surface area (Å²) in [5, 5.41) is 7.10. The third kappa shape index (κ3) is 4.18. The summed E-state index contributed by atoms with van der Waals surface area (Å²) in [5.74, 6) is -1.39. The number of rotatable bonds is 4. The van der Waals surface area contributed by atoms with Gasteiger partial charge in [0.15, 0.2) is 8.07 Å². The molecule has 10 heteroatoms. The molecule has 0 spiro atoms. The van der Waals surface area contributed by atoms with Crippen LogP contribution in [0.5, 0.6) is 0 Å². The van der Waals surface area contributed by atoms with E-state index in [-0.39, 0.29) is 11.3 Å². The summed E-state index contributed by atoms with van der Waals surface area (Å²) in [5.41, 5.74) is -0.0312. The molecule has 1 aromatic carbocycles. The second kappa shape index (κ2) is 7.94. The van der Waals surface area contributed by atoms with Gasteiger partial charge in [-0.25, -0.2) is 8.78 Å². The van der Waals surface area contributed by atoms with Crippen molar-refractivity contribution in [3.8, 4) is 22.6 Å². The van der Waals surface area contributed by atoms with Crippen LogP contribution in [0.4, 0.5) is 22.0 Å². The molecule has 1 N–H and O–H groups in total. The van der Waals surface area contributed by atoms with Crippen LogP contribution in [0.25, 0.3) is 22.6 Å². The lowest BCUT2D eigenvalue weighted by molar-refractivity contribution is -0.141. The molecule has 0 radical (unpaired) electrons. The van der Waals surface area contributed by atoms with E-state index in [2.05, 4.69) is 15.1 Å². The van der Waals surface area contributed by atoms with E-state index in [1.165, 1.54) is 12.1 Å². The molecule has 0 aliphatic carbocycles. The van der Waals surface area contributed by atoms with E-state index in [0.29, 0.717) is 22.0 Å². The Morgan fingerprint density at radius 2 is 1.41 bits per heavy atom. The molecule has 164 valence electrons. The highest BCUT2D eigenvalue weighted by Gasteiger charge is 2.34. The van der Waals surface area contributed by atoms with Crippen molar-refractivity contribution in [3.05, 3.63) is 78.0 Å². The van der Waals surface area contributed by atoms with Gasteiger partial charge < -0.3 is 0 Å². The largest absolute Gasteiger partial charge is 0.432 e. The predicted octanol–water partition coefficient (Wildman–Crippen LogP) is 4.65. The summed E-state index contributed by atoms with van der Waals surface area (Å²) in [6, 6.07) is 14.5. The van der Waals surface area contributed by atoms with Crippen molar-refractivity contribution in [1.29, 1.82) is 0 Å². The Morgan fingerprint density at radius 3 is 2.00 bits per heavy atom. The predicted molar refractivity (Wildman–Crippen MR) is 113 cm³/mol. The number of alkyl halides is 3. The lowest BCUT2D eigenvalue weighted by Crippen LogP contribution is -2.55. The Labute approximate surface area is 181 Å². The quantitative estimate of drug-likeness (QED) is 0.356. The molecule has 0 fully saturated rings. The molecule has 0 bridgehead atoms. The normalized spacial score (nSPS) is 12.2. The van der Waals surface area contributed by atoms with E-state index in [1.54, 1.807) is 30.3 Å². The van der Waals surface area contributed by atoms with Crippen LogP contribution in [0.2, 0.25) is 13.1 Å². The monoisotopic (exact) mass is 460 g/mol. The molecule has 4 rings (SSSR count). The van der Waals surface area contributed by atoms with E-state index in [1.807, 2.05) is 24.3 Å². The highest BCUT2D eigenvalue weighted by Crippen LogP contribution is 2.29. The van der Waals surface area contributed by atoms with Gasteiger partial charge in [-0.1, -0.05) is 25.2 Å². The van der Waals surface area contributed by atoms with Crippen molar-refractivity contribution >= 4 is 18.7 Å². The molecule has 0 aliphatic rings. The fourth-order valence-corrected chi connectivity index (χ4v) is 5.37. The highest BCUT2D eigenvalue weighted by molar-refractivity contribution is 6.99. The molecule has 3 aromatic heterocycles. The van der Waals surface area contributed by atoms with Crippen LogP contribution in [0.1, 0.15) is 5.69 Å². The van der Waals surface area contributed by atoms with Crippen molar-refractivity contribution in [3.63, 3.8) is 0 Å². The Hall–Kier alpha value is -3.40. The summed E-state index contributed by atoms with van der Waals surface area (Å²) < 4.78 is 66.2. The number of nitrogens with one attached hydrogen (secondary N) is 1. The van der Waals surface area contributed by atoms with Crippen molar-refractivity contribution in [2.24, 2.45) is 0 Å². The molecular formula is C22H17F5N4Si. The van der Waals surface area contributed by atoms with Crippen LogP contribution in [-0.4, -0.2) is 28.2 Å². The minimum absolute atomic E-state index is 0.0825. The molecule has 0 atom stereocenters. The lowest BCUT2D eigenvalue weighted by Gasteiger charge is -2.22. The van der Waals surface area contributed by atoms with Crippen LogP contribution >= 0.6 is 0 Å². The van der Waals surface area contributed by atoms with Crippen LogP contribution < -0.4 is 10.6 Å². The van der Waals surface area contributed by atoms with Gasteiger partial charge in [0.25, 0.3) is 0 Å². The highest BCUT2D eigenvalue weighted by atomic mass is 28.3. The number of hydrogen-bond acceptors (Lipinski definition) is 3. The smallest absolute Gasteiger partial charge is 0.273 e. The minimum Gasteiger partial charge on any atom is -0.273 e. The minimum atomic E-state index is -4.53. The molecule has 0 unspecified atom stereocenters. The Balaban J connectivity index is 1.71. The standard InChI is InChI=1S/C22H17F5N4Si/c1-32(2,20-7-3-5-16(28-20)14-10-9-13(23)11-15(14)24)21-8-4-6-17(29-21)18-12-19(31-30-18)22(25,26)27/h3-12H,1-2H3,(H,30,31). The molecule has 4 aromatic rings. The van der Waals surface area contributed by atoms with E-state index < -0.39 is 31.6 Å². The Kier molecular flexibility index (Phi) is 5.41. The van der Waals surface area contributed by atoms with Gasteiger partial charge in [-0.15, -0.1) is 0 Å². The van der Waals surface area contributed by atoms with Crippen molar-refractivity contribution in [2.45, 2.75) is 19.3 Å². The summed E-state index contributed by atoms with van der Waals surface area (Å²) in [7, 11) is -2.52. The number of aromatic amines is 1. The molecule has 0 saturated heterocycles. The van der Waals surface area contributed by atoms with E-state index in [0.717, 1.165) is 12.1 Å². The third-order valence-corrected chi connectivity index (χ3v) is 8.25. The number of aromatic nitrogens is 4. The van der Waals surface area contributed by atoms with Crippen molar-refractivity contribution in [1.82, 2.24) is 20.2 Å². The maximum Gasteiger partial charge on any atom is 0.432 e. The summed E-state index contributed by atoms with van der Waals surface area (Å²) in [4.78, 5) is 9.18. The van der Waals surface area contributed by atoms with Gasteiger partial charge in [0.1, 0.15) is 23.0 Å². The average Bonchev–Trinajstić information content (AvgIpc) is 3.25. The molecule has 0 aliphatic heterocycles. The first-order valence-electron chi connectivity index (χ1n) is 9.59. The Bertz CT molecular complexity index is 1280. The fourth-order valence-electron chi connectivity index (χ4n) is 3.28. The maximum absolute atomic E-state index is 14.2. The van der Waals surface area contributed by atoms with Crippen LogP contribution in [0.3, 0.4) is 0 Å². The van der Waals surface area contributed by atoms with E-state index in [9.17, 15) is 22.0 Å². The first-order chi connectivity index (χ1) is 15.1. The van der Waals surface area contributed by atoms with Crippen molar-refractivity contribution in [2.75, 3.05) is 0 Å². The molecule has 0 amide bonds. The molecule has 3 heterocycles. The maximum atomic E-state index is 14.2. The molecular weight excluding hydrogens is 443 g/mol. The number of H-pyrrole nitrogens is 1. The second-order valence-corrected chi connectivity index (χ2v) is 12.0. The molecule has 0 saturated carbocycles. The zero-order valence-electron chi connectivity index (χ0n) is 17.0. The zero-order chi connectivity index (χ0) is 23.1.